The minimum absolute atomic E-state index is 0.171. The van der Waals surface area contributed by atoms with Crippen LogP contribution in [-0.4, -0.2) is 26.8 Å². The molecule has 5 nitrogen and oxygen atoms in total. The van der Waals surface area contributed by atoms with Crippen LogP contribution < -0.4 is 5.73 Å². The van der Waals surface area contributed by atoms with Gasteiger partial charge in [-0.3, -0.25) is 0 Å². The van der Waals surface area contributed by atoms with Crippen LogP contribution >= 0.6 is 0 Å². The van der Waals surface area contributed by atoms with Crippen LogP contribution in [0.5, 0.6) is 5.75 Å². The van der Waals surface area contributed by atoms with Crippen LogP contribution in [-0.2, 0) is 6.42 Å². The number of aromatic nitrogens is 3. The average Bonchev–Trinajstić information content (AvgIpc) is 2.31. The molecule has 0 aliphatic rings. The van der Waals surface area contributed by atoms with Crippen LogP contribution in [0.15, 0.2) is 30.5 Å². The molecule has 0 fully saturated rings. The summed E-state index contributed by atoms with van der Waals surface area (Å²) in [4.78, 5) is 4.12. The molecule has 0 aliphatic carbocycles. The fourth-order valence-electron chi connectivity index (χ4n) is 1.36. The molecule has 0 aliphatic heterocycles. The molecule has 2 aromatic rings. The minimum atomic E-state index is 0.171. The van der Waals surface area contributed by atoms with Crippen molar-refractivity contribution in [2.24, 2.45) is 5.73 Å². The third kappa shape index (κ3) is 2.14. The number of rotatable bonds is 3. The van der Waals surface area contributed by atoms with Crippen molar-refractivity contribution in [3.05, 3.63) is 36.3 Å². The molecule has 1 aromatic heterocycles. The Morgan fingerprint density at radius 1 is 1.19 bits per heavy atom. The summed E-state index contributed by atoms with van der Waals surface area (Å²) >= 11 is 0. The number of phenolic OH excluding ortho intramolecular Hbond substituents is 1. The molecular formula is C11H12N4O. The van der Waals surface area contributed by atoms with Crippen molar-refractivity contribution in [2.45, 2.75) is 6.42 Å². The van der Waals surface area contributed by atoms with Crippen molar-refractivity contribution >= 4 is 0 Å². The van der Waals surface area contributed by atoms with E-state index in [4.69, 9.17) is 5.73 Å². The van der Waals surface area contributed by atoms with E-state index in [9.17, 15) is 5.11 Å². The van der Waals surface area contributed by atoms with Gasteiger partial charge in [-0.15, -0.1) is 10.2 Å². The van der Waals surface area contributed by atoms with Crippen LogP contribution in [0.25, 0.3) is 11.3 Å². The first kappa shape index (κ1) is 10.5. The number of para-hydroxylation sites is 1. The number of nitrogens with zero attached hydrogens (tertiary/aromatic N) is 3. The van der Waals surface area contributed by atoms with Gasteiger partial charge in [0.25, 0.3) is 0 Å². The molecule has 0 amide bonds. The van der Waals surface area contributed by atoms with Crippen LogP contribution in [0.1, 0.15) is 5.82 Å². The van der Waals surface area contributed by atoms with E-state index in [2.05, 4.69) is 15.2 Å². The van der Waals surface area contributed by atoms with Gasteiger partial charge in [0.15, 0.2) is 5.82 Å². The minimum Gasteiger partial charge on any atom is -0.507 e. The summed E-state index contributed by atoms with van der Waals surface area (Å²) in [5, 5.41) is 17.6. The summed E-state index contributed by atoms with van der Waals surface area (Å²) in [6.07, 6.45) is 2.20. The lowest BCUT2D eigenvalue weighted by molar-refractivity contribution is 0.477. The molecule has 3 N–H and O–H groups in total. The molecule has 0 atom stereocenters. The molecule has 0 spiro atoms. The molecule has 1 heterocycles. The summed E-state index contributed by atoms with van der Waals surface area (Å²) < 4.78 is 0. The van der Waals surface area contributed by atoms with Crippen molar-refractivity contribution in [3.63, 3.8) is 0 Å². The number of nitrogens with two attached hydrogens (primary N) is 1. The highest BCUT2D eigenvalue weighted by molar-refractivity contribution is 5.65. The maximum Gasteiger partial charge on any atom is 0.152 e. The van der Waals surface area contributed by atoms with Crippen LogP contribution in [0, 0.1) is 0 Å². The average molecular weight is 216 g/mol. The molecule has 82 valence electrons. The first-order valence-electron chi connectivity index (χ1n) is 4.98. The second-order valence-electron chi connectivity index (χ2n) is 3.32. The van der Waals surface area contributed by atoms with E-state index in [0.29, 0.717) is 30.0 Å². The number of benzene rings is 1. The SMILES string of the molecule is NCCc1ncc(-c2ccccc2O)nn1. The Hall–Kier alpha value is -2.01. The van der Waals surface area contributed by atoms with Crippen molar-refractivity contribution < 1.29 is 5.11 Å². The highest BCUT2D eigenvalue weighted by Crippen LogP contribution is 2.25. The second-order valence-corrected chi connectivity index (χ2v) is 3.32. The standard InChI is InChI=1S/C11H12N4O/c12-6-5-11-13-7-9(14-15-11)8-3-1-2-4-10(8)16/h1-4,7,16H,5-6,12H2. The largest absolute Gasteiger partial charge is 0.507 e. The molecule has 1 aromatic carbocycles. The number of hydrogen-bond acceptors (Lipinski definition) is 5. The van der Waals surface area contributed by atoms with Gasteiger partial charge in [-0.1, -0.05) is 12.1 Å². The molecule has 0 unspecified atom stereocenters. The van der Waals surface area contributed by atoms with Gasteiger partial charge in [0, 0.05) is 12.0 Å². The third-order valence-electron chi connectivity index (χ3n) is 2.16. The second kappa shape index (κ2) is 4.67. The zero-order chi connectivity index (χ0) is 11.4. The summed E-state index contributed by atoms with van der Waals surface area (Å²) in [5.74, 6) is 0.784. The highest BCUT2D eigenvalue weighted by Gasteiger charge is 2.05. The summed E-state index contributed by atoms with van der Waals surface area (Å²) in [6.45, 7) is 0.498. The van der Waals surface area contributed by atoms with Gasteiger partial charge >= 0.3 is 0 Å². The van der Waals surface area contributed by atoms with E-state index in [1.807, 2.05) is 6.07 Å². The Bertz CT molecular complexity index is 470. The predicted molar refractivity (Wildman–Crippen MR) is 59.7 cm³/mol. The Kier molecular flexibility index (Phi) is 3.07. The topological polar surface area (TPSA) is 84.9 Å². The Balaban J connectivity index is 2.31. The first-order chi connectivity index (χ1) is 7.81. The highest BCUT2D eigenvalue weighted by atomic mass is 16.3. The van der Waals surface area contributed by atoms with Gasteiger partial charge < -0.3 is 10.8 Å². The number of hydrogen-bond donors (Lipinski definition) is 2. The van der Waals surface area contributed by atoms with Crippen molar-refractivity contribution in [1.29, 1.82) is 0 Å². The Labute approximate surface area is 93.0 Å². The smallest absolute Gasteiger partial charge is 0.152 e. The van der Waals surface area contributed by atoms with Crippen LogP contribution in [0.3, 0.4) is 0 Å². The summed E-state index contributed by atoms with van der Waals surface area (Å²) in [7, 11) is 0. The van der Waals surface area contributed by atoms with E-state index in [1.54, 1.807) is 24.4 Å². The molecule has 5 heteroatoms. The lowest BCUT2D eigenvalue weighted by Crippen LogP contribution is -2.07. The zero-order valence-electron chi connectivity index (χ0n) is 8.67. The molecular weight excluding hydrogens is 204 g/mol. The Morgan fingerprint density at radius 3 is 2.62 bits per heavy atom. The molecule has 0 saturated heterocycles. The van der Waals surface area contributed by atoms with E-state index in [1.165, 1.54) is 0 Å². The van der Waals surface area contributed by atoms with E-state index in [0.717, 1.165) is 0 Å². The third-order valence-corrected chi connectivity index (χ3v) is 2.16. The van der Waals surface area contributed by atoms with E-state index in [-0.39, 0.29) is 5.75 Å². The zero-order valence-corrected chi connectivity index (χ0v) is 8.67. The first-order valence-corrected chi connectivity index (χ1v) is 4.98. The van der Waals surface area contributed by atoms with Crippen molar-refractivity contribution in [3.8, 4) is 17.0 Å². The van der Waals surface area contributed by atoms with E-state index < -0.39 is 0 Å². The van der Waals surface area contributed by atoms with Gasteiger partial charge in [0.1, 0.15) is 11.4 Å². The molecule has 16 heavy (non-hydrogen) atoms. The van der Waals surface area contributed by atoms with Gasteiger partial charge in [0.05, 0.1) is 6.20 Å². The summed E-state index contributed by atoms with van der Waals surface area (Å²) in [5.41, 5.74) is 6.57. The molecule has 0 radical (unpaired) electrons. The van der Waals surface area contributed by atoms with Gasteiger partial charge in [-0.25, -0.2) is 4.98 Å². The number of phenols is 1. The van der Waals surface area contributed by atoms with Crippen LogP contribution in [0.4, 0.5) is 0 Å². The van der Waals surface area contributed by atoms with Gasteiger partial charge in [-0.05, 0) is 18.7 Å². The van der Waals surface area contributed by atoms with Gasteiger partial charge in [-0.2, -0.15) is 0 Å². The Morgan fingerprint density at radius 2 is 2.00 bits per heavy atom. The number of aromatic hydroxyl groups is 1. The molecule has 2 rings (SSSR count). The fourth-order valence-corrected chi connectivity index (χ4v) is 1.36. The quantitative estimate of drug-likeness (QED) is 0.790. The normalized spacial score (nSPS) is 10.3. The maximum atomic E-state index is 9.62. The molecule has 0 bridgehead atoms. The van der Waals surface area contributed by atoms with Crippen molar-refractivity contribution in [1.82, 2.24) is 15.2 Å². The van der Waals surface area contributed by atoms with Crippen molar-refractivity contribution in [2.75, 3.05) is 6.54 Å². The lowest BCUT2D eigenvalue weighted by Gasteiger charge is -2.02. The predicted octanol–water partition coefficient (Wildman–Crippen LogP) is 0.745. The summed E-state index contributed by atoms with van der Waals surface area (Å²) in [6, 6.07) is 6.95. The van der Waals surface area contributed by atoms with Crippen LogP contribution in [0.2, 0.25) is 0 Å². The van der Waals surface area contributed by atoms with Gasteiger partial charge in [0.2, 0.25) is 0 Å². The maximum absolute atomic E-state index is 9.62. The molecule has 0 saturated carbocycles. The van der Waals surface area contributed by atoms with E-state index >= 15 is 0 Å². The lowest BCUT2D eigenvalue weighted by atomic mass is 10.1. The fraction of sp³-hybridized carbons (Fsp3) is 0.182. The monoisotopic (exact) mass is 216 g/mol.